The Hall–Kier alpha value is -3.77. The van der Waals surface area contributed by atoms with E-state index in [4.69, 9.17) is 14.9 Å². The van der Waals surface area contributed by atoms with E-state index in [0.29, 0.717) is 23.8 Å². The van der Waals surface area contributed by atoms with Gasteiger partial charge in [0.15, 0.2) is 11.5 Å². The summed E-state index contributed by atoms with van der Waals surface area (Å²) in [5, 5.41) is 2.56. The van der Waals surface area contributed by atoms with Gasteiger partial charge in [0.1, 0.15) is 17.3 Å². The van der Waals surface area contributed by atoms with Crippen LogP contribution in [0.2, 0.25) is 0 Å². The number of aromatic nitrogens is 1. The summed E-state index contributed by atoms with van der Waals surface area (Å²) in [4.78, 5) is 28.6. The first-order chi connectivity index (χ1) is 18.2. The number of alkyl halides is 2. The van der Waals surface area contributed by atoms with E-state index in [0.717, 1.165) is 26.0 Å². The van der Waals surface area contributed by atoms with Crippen LogP contribution in [0, 0.1) is 11.7 Å². The van der Waals surface area contributed by atoms with Crippen LogP contribution in [0.25, 0.3) is 11.5 Å². The maximum Gasteiger partial charge on any atom is 0.387 e. The molecule has 1 unspecified atom stereocenters. The number of hydrogen-bond donors (Lipinski definition) is 2. The van der Waals surface area contributed by atoms with Crippen molar-refractivity contribution >= 4 is 24.3 Å². The molecule has 1 heterocycles. The van der Waals surface area contributed by atoms with E-state index in [1.54, 1.807) is 6.92 Å². The molecule has 1 saturated carbocycles. The highest BCUT2D eigenvalue weighted by atomic mass is 35.5. The zero-order valence-corrected chi connectivity index (χ0v) is 21.9. The number of nitrogens with zero attached hydrogens (tertiary/aromatic N) is 1. The third kappa shape index (κ3) is 7.42. The molecule has 1 fully saturated rings. The van der Waals surface area contributed by atoms with Crippen LogP contribution in [-0.2, 0) is 11.3 Å². The molecule has 210 valence electrons. The first-order valence-corrected chi connectivity index (χ1v) is 11.8. The maximum absolute atomic E-state index is 14.4. The van der Waals surface area contributed by atoms with Crippen molar-refractivity contribution in [2.24, 2.45) is 11.7 Å². The normalized spacial score (nSPS) is 13.4. The van der Waals surface area contributed by atoms with Gasteiger partial charge in [0.2, 0.25) is 5.89 Å². The molecule has 39 heavy (non-hydrogen) atoms. The van der Waals surface area contributed by atoms with Gasteiger partial charge < -0.3 is 29.7 Å². The number of ether oxygens (including phenoxy) is 3. The lowest BCUT2D eigenvalue weighted by Gasteiger charge is -2.12. The Balaban J connectivity index is 0.00000420. The Kier molecular flexibility index (Phi) is 9.81. The maximum atomic E-state index is 14.4. The molecule has 1 atom stereocenters. The van der Waals surface area contributed by atoms with Gasteiger partial charge in [-0.25, -0.2) is 14.2 Å². The van der Waals surface area contributed by atoms with Crippen LogP contribution in [0.4, 0.5) is 13.2 Å². The van der Waals surface area contributed by atoms with E-state index in [1.165, 1.54) is 30.3 Å². The van der Waals surface area contributed by atoms with Crippen molar-refractivity contribution in [3.63, 3.8) is 0 Å². The van der Waals surface area contributed by atoms with Crippen molar-refractivity contribution in [3.8, 4) is 23.0 Å². The number of halogens is 4. The van der Waals surface area contributed by atoms with Gasteiger partial charge in [-0.15, -0.1) is 12.4 Å². The molecule has 0 aliphatic heterocycles. The summed E-state index contributed by atoms with van der Waals surface area (Å²) < 4.78 is 60.8. The quantitative estimate of drug-likeness (QED) is 0.308. The van der Waals surface area contributed by atoms with Crippen molar-refractivity contribution in [1.29, 1.82) is 0 Å². The fraction of sp³-hybridized carbons (Fsp3) is 0.346. The second-order valence-corrected chi connectivity index (χ2v) is 8.78. The molecule has 2 aromatic carbocycles. The number of esters is 1. The van der Waals surface area contributed by atoms with Crippen LogP contribution in [-0.4, -0.2) is 37.2 Å². The molecule has 1 amide bonds. The molecular formula is C26H27ClF3N3O6. The molecule has 0 spiro atoms. The lowest BCUT2D eigenvalue weighted by molar-refractivity contribution is -0.0515. The molecule has 3 aromatic rings. The monoisotopic (exact) mass is 569 g/mol. The van der Waals surface area contributed by atoms with Gasteiger partial charge in [0.05, 0.1) is 37.4 Å². The summed E-state index contributed by atoms with van der Waals surface area (Å²) >= 11 is 0. The Morgan fingerprint density at radius 3 is 2.54 bits per heavy atom. The van der Waals surface area contributed by atoms with Crippen LogP contribution in [0.15, 0.2) is 40.8 Å². The first-order valence-electron chi connectivity index (χ1n) is 11.8. The van der Waals surface area contributed by atoms with Crippen molar-refractivity contribution in [2.75, 3.05) is 13.7 Å². The van der Waals surface area contributed by atoms with Gasteiger partial charge in [0, 0.05) is 5.56 Å². The predicted molar refractivity (Wildman–Crippen MR) is 136 cm³/mol. The second-order valence-electron chi connectivity index (χ2n) is 8.78. The van der Waals surface area contributed by atoms with Crippen molar-refractivity contribution in [1.82, 2.24) is 10.3 Å². The smallest absolute Gasteiger partial charge is 0.387 e. The van der Waals surface area contributed by atoms with Crippen LogP contribution < -0.4 is 20.5 Å². The molecule has 13 heteroatoms. The van der Waals surface area contributed by atoms with Crippen molar-refractivity contribution in [2.45, 2.75) is 39.0 Å². The zero-order valence-electron chi connectivity index (χ0n) is 21.0. The SMILES string of the molecule is COC(=O)c1ccc(C(=O)NCc2nc(-c3ccc(OC(F)F)c(OCC4CC4)c3)oc2C(C)N)c(F)c1.Cl. The summed E-state index contributed by atoms with van der Waals surface area (Å²) in [6.07, 6.45) is 2.02. The summed E-state index contributed by atoms with van der Waals surface area (Å²) in [6, 6.07) is 7.05. The van der Waals surface area contributed by atoms with Crippen LogP contribution in [0.3, 0.4) is 0 Å². The average molecular weight is 570 g/mol. The highest BCUT2D eigenvalue weighted by Crippen LogP contribution is 2.37. The summed E-state index contributed by atoms with van der Waals surface area (Å²) in [5.74, 6) is -1.60. The third-order valence-electron chi connectivity index (χ3n) is 5.77. The molecule has 0 saturated heterocycles. The van der Waals surface area contributed by atoms with E-state index in [-0.39, 0.29) is 53.2 Å². The Morgan fingerprint density at radius 2 is 1.92 bits per heavy atom. The molecule has 1 aliphatic rings. The molecule has 9 nitrogen and oxygen atoms in total. The molecule has 1 aromatic heterocycles. The lowest BCUT2D eigenvalue weighted by Crippen LogP contribution is -2.25. The van der Waals surface area contributed by atoms with Gasteiger partial charge in [-0.3, -0.25) is 4.79 Å². The molecule has 0 bridgehead atoms. The number of carbonyl (C=O) groups is 2. The number of benzene rings is 2. The number of carbonyl (C=O) groups excluding carboxylic acids is 2. The number of nitrogens with two attached hydrogens (primary N) is 1. The van der Waals surface area contributed by atoms with E-state index in [2.05, 4.69) is 19.8 Å². The summed E-state index contributed by atoms with van der Waals surface area (Å²) in [6.45, 7) is -1.14. The van der Waals surface area contributed by atoms with Gasteiger partial charge in [-0.1, -0.05) is 0 Å². The largest absolute Gasteiger partial charge is 0.489 e. The highest BCUT2D eigenvalue weighted by molar-refractivity contribution is 5.96. The third-order valence-corrected chi connectivity index (χ3v) is 5.77. The van der Waals surface area contributed by atoms with Crippen LogP contribution in [0.1, 0.15) is 58.0 Å². The minimum absolute atomic E-state index is 0. The fourth-order valence-electron chi connectivity index (χ4n) is 3.61. The number of amides is 1. The van der Waals surface area contributed by atoms with Gasteiger partial charge in [-0.05, 0) is 62.1 Å². The number of methoxy groups -OCH3 is 1. The molecule has 0 radical (unpaired) electrons. The zero-order chi connectivity index (χ0) is 27.4. The summed E-state index contributed by atoms with van der Waals surface area (Å²) in [5.41, 5.74) is 6.42. The van der Waals surface area contributed by atoms with Crippen LogP contribution in [0.5, 0.6) is 11.5 Å². The Morgan fingerprint density at radius 1 is 1.18 bits per heavy atom. The minimum Gasteiger partial charge on any atom is -0.489 e. The van der Waals surface area contributed by atoms with Gasteiger partial charge in [0.25, 0.3) is 5.91 Å². The number of nitrogens with one attached hydrogen (secondary N) is 1. The fourth-order valence-corrected chi connectivity index (χ4v) is 3.61. The average Bonchev–Trinajstić information content (AvgIpc) is 3.62. The van der Waals surface area contributed by atoms with Crippen LogP contribution >= 0.6 is 12.4 Å². The Labute approximate surface area is 228 Å². The van der Waals surface area contributed by atoms with Crippen molar-refractivity contribution < 1.29 is 41.4 Å². The number of rotatable bonds is 11. The van der Waals surface area contributed by atoms with E-state index in [9.17, 15) is 22.8 Å². The topological polar surface area (TPSA) is 126 Å². The number of oxazole rings is 1. The predicted octanol–water partition coefficient (Wildman–Crippen LogP) is 5.03. The standard InChI is InChI=1S/C26H26F3N3O6.ClH/c1-13(30)22-19(11-31-23(33)17-7-5-16(9-18(17)27)25(34)35-2)32-24(38-22)15-6-8-20(37-26(28)29)21(10-15)36-12-14-3-4-14;/h5-10,13-14,26H,3-4,11-12,30H2,1-2H3,(H,31,33);1H. The van der Waals surface area contributed by atoms with E-state index in [1.807, 2.05) is 0 Å². The van der Waals surface area contributed by atoms with Gasteiger partial charge in [-0.2, -0.15) is 8.78 Å². The number of hydrogen-bond acceptors (Lipinski definition) is 8. The molecule has 3 N–H and O–H groups in total. The van der Waals surface area contributed by atoms with Gasteiger partial charge >= 0.3 is 12.6 Å². The molecule has 4 rings (SSSR count). The van der Waals surface area contributed by atoms with E-state index >= 15 is 0 Å². The molecular weight excluding hydrogens is 543 g/mol. The summed E-state index contributed by atoms with van der Waals surface area (Å²) in [7, 11) is 1.16. The Bertz CT molecular complexity index is 1330. The van der Waals surface area contributed by atoms with Crippen molar-refractivity contribution in [3.05, 3.63) is 64.8 Å². The minimum atomic E-state index is -3.02. The van der Waals surface area contributed by atoms with E-state index < -0.39 is 30.3 Å². The highest BCUT2D eigenvalue weighted by Gasteiger charge is 2.25. The lowest BCUT2D eigenvalue weighted by atomic mass is 10.1. The second kappa shape index (κ2) is 12.9. The first kappa shape index (κ1) is 29.8. The molecule has 1 aliphatic carbocycles.